The van der Waals surface area contributed by atoms with E-state index in [1.165, 1.54) is 4.68 Å². The Morgan fingerprint density at radius 3 is 1.88 bits per heavy atom. The Bertz CT molecular complexity index is 987. The lowest BCUT2D eigenvalue weighted by Crippen LogP contribution is -2.29. The summed E-state index contributed by atoms with van der Waals surface area (Å²) in [6.45, 7) is 0. The van der Waals surface area contributed by atoms with Gasteiger partial charge in [0.05, 0.1) is 5.39 Å². The summed E-state index contributed by atoms with van der Waals surface area (Å²) in [5.41, 5.74) is 2.46. The Morgan fingerprint density at radius 2 is 1.25 bits per heavy atom. The number of aromatic nitrogens is 3. The first kappa shape index (κ1) is 14.3. The number of hydrogen-bond acceptors (Lipinski definition) is 3. The van der Waals surface area contributed by atoms with E-state index in [9.17, 15) is 4.79 Å². The Hall–Kier alpha value is -3.27. The van der Waals surface area contributed by atoms with Crippen LogP contribution in [0.4, 0.5) is 0 Å². The van der Waals surface area contributed by atoms with Crippen molar-refractivity contribution in [1.29, 1.82) is 0 Å². The highest BCUT2D eigenvalue weighted by atomic mass is 16.1. The number of hydrogen-bond donors (Lipinski definition) is 0. The lowest BCUT2D eigenvalue weighted by atomic mass is 9.99. The van der Waals surface area contributed by atoms with E-state index in [4.69, 9.17) is 0 Å². The van der Waals surface area contributed by atoms with Crippen LogP contribution in [-0.4, -0.2) is 15.0 Å². The summed E-state index contributed by atoms with van der Waals surface area (Å²) in [6.07, 6.45) is 0. The van der Waals surface area contributed by atoms with Crippen LogP contribution >= 0.6 is 0 Å². The lowest BCUT2D eigenvalue weighted by Gasteiger charge is -2.19. The van der Waals surface area contributed by atoms with Gasteiger partial charge in [0.2, 0.25) is 0 Å². The van der Waals surface area contributed by atoms with Crippen LogP contribution in [0.5, 0.6) is 0 Å². The van der Waals surface area contributed by atoms with Crippen molar-refractivity contribution in [3.8, 4) is 0 Å². The minimum absolute atomic E-state index is 0.140. The molecule has 1 aromatic heterocycles. The van der Waals surface area contributed by atoms with E-state index >= 15 is 0 Å². The third-order valence-electron chi connectivity index (χ3n) is 4.07. The standard InChI is InChI=1S/C20H15N3O/c24-20-17-13-7-8-14-18(17)21-22-23(20)19(15-9-3-1-4-10-15)16-11-5-2-6-12-16/h1-14,19H. The van der Waals surface area contributed by atoms with E-state index in [0.717, 1.165) is 11.1 Å². The van der Waals surface area contributed by atoms with Gasteiger partial charge in [0.25, 0.3) is 5.56 Å². The van der Waals surface area contributed by atoms with Crippen molar-refractivity contribution in [2.45, 2.75) is 6.04 Å². The molecule has 0 amide bonds. The van der Waals surface area contributed by atoms with Crippen LogP contribution in [-0.2, 0) is 0 Å². The van der Waals surface area contributed by atoms with Crippen molar-refractivity contribution in [1.82, 2.24) is 15.0 Å². The number of rotatable bonds is 3. The highest BCUT2D eigenvalue weighted by molar-refractivity contribution is 5.76. The maximum Gasteiger partial charge on any atom is 0.278 e. The summed E-state index contributed by atoms with van der Waals surface area (Å²) in [4.78, 5) is 13.0. The summed E-state index contributed by atoms with van der Waals surface area (Å²) < 4.78 is 1.47. The highest BCUT2D eigenvalue weighted by Gasteiger charge is 2.20. The summed E-state index contributed by atoms with van der Waals surface area (Å²) in [5.74, 6) is 0. The zero-order chi connectivity index (χ0) is 16.4. The molecular weight excluding hydrogens is 298 g/mol. The van der Waals surface area contributed by atoms with Crippen LogP contribution in [0.15, 0.2) is 89.7 Å². The summed E-state index contributed by atoms with van der Waals surface area (Å²) in [7, 11) is 0. The van der Waals surface area contributed by atoms with Gasteiger partial charge >= 0.3 is 0 Å². The lowest BCUT2D eigenvalue weighted by molar-refractivity contribution is 0.532. The van der Waals surface area contributed by atoms with Gasteiger partial charge in [0, 0.05) is 0 Å². The van der Waals surface area contributed by atoms with Crippen LogP contribution in [0.1, 0.15) is 17.2 Å². The predicted molar refractivity (Wildman–Crippen MR) is 93.9 cm³/mol. The number of benzene rings is 3. The molecule has 0 radical (unpaired) electrons. The molecule has 4 heteroatoms. The second kappa shape index (κ2) is 6.08. The van der Waals surface area contributed by atoms with Crippen LogP contribution < -0.4 is 5.56 Å². The molecule has 0 aliphatic carbocycles. The fraction of sp³-hybridized carbons (Fsp3) is 0.0500. The van der Waals surface area contributed by atoms with Crippen LogP contribution in [0.2, 0.25) is 0 Å². The van der Waals surface area contributed by atoms with Crippen molar-refractivity contribution in [3.05, 3.63) is 106 Å². The smallest absolute Gasteiger partial charge is 0.267 e. The third-order valence-corrected chi connectivity index (χ3v) is 4.07. The van der Waals surface area contributed by atoms with Crippen LogP contribution in [0, 0.1) is 0 Å². The van der Waals surface area contributed by atoms with Gasteiger partial charge in [-0.25, -0.2) is 0 Å². The van der Waals surface area contributed by atoms with Crippen molar-refractivity contribution in [2.24, 2.45) is 0 Å². The molecular formula is C20H15N3O. The van der Waals surface area contributed by atoms with E-state index < -0.39 is 0 Å². The molecule has 0 atom stereocenters. The molecule has 0 unspecified atom stereocenters. The van der Waals surface area contributed by atoms with Crippen molar-refractivity contribution in [2.75, 3.05) is 0 Å². The molecule has 0 aliphatic rings. The molecule has 24 heavy (non-hydrogen) atoms. The van der Waals surface area contributed by atoms with E-state index in [1.807, 2.05) is 72.8 Å². The SMILES string of the molecule is O=c1c2ccccc2nnn1C(c1ccccc1)c1ccccc1. The number of nitrogens with zero attached hydrogens (tertiary/aromatic N) is 3. The average molecular weight is 313 g/mol. The van der Waals surface area contributed by atoms with Crippen molar-refractivity contribution in [3.63, 3.8) is 0 Å². The van der Waals surface area contributed by atoms with Gasteiger partial charge in [-0.3, -0.25) is 4.79 Å². The Morgan fingerprint density at radius 1 is 0.708 bits per heavy atom. The average Bonchev–Trinajstić information content (AvgIpc) is 2.66. The Balaban J connectivity index is 1.98. The maximum absolute atomic E-state index is 13.0. The topological polar surface area (TPSA) is 47.8 Å². The second-order valence-corrected chi connectivity index (χ2v) is 5.58. The first-order valence-electron chi connectivity index (χ1n) is 7.79. The minimum atomic E-state index is -0.308. The molecule has 116 valence electrons. The van der Waals surface area contributed by atoms with Gasteiger partial charge in [0.15, 0.2) is 0 Å². The van der Waals surface area contributed by atoms with E-state index in [0.29, 0.717) is 10.9 Å². The molecule has 4 nitrogen and oxygen atoms in total. The first-order valence-corrected chi connectivity index (χ1v) is 7.79. The Kier molecular flexibility index (Phi) is 3.63. The van der Waals surface area contributed by atoms with E-state index in [-0.39, 0.29) is 11.6 Å². The fourth-order valence-electron chi connectivity index (χ4n) is 2.92. The Labute approximate surface area is 139 Å². The summed E-state index contributed by atoms with van der Waals surface area (Å²) in [6, 6.07) is 26.7. The van der Waals surface area contributed by atoms with Crippen LogP contribution in [0.25, 0.3) is 10.9 Å². The normalized spacial score (nSPS) is 11.0. The summed E-state index contributed by atoms with van der Waals surface area (Å²) >= 11 is 0. The van der Waals surface area contributed by atoms with Crippen LogP contribution in [0.3, 0.4) is 0 Å². The van der Waals surface area contributed by atoms with Gasteiger partial charge in [-0.2, -0.15) is 4.68 Å². The molecule has 4 aromatic rings. The summed E-state index contributed by atoms with van der Waals surface area (Å²) in [5, 5.41) is 9.01. The molecule has 0 saturated carbocycles. The predicted octanol–water partition coefficient (Wildman–Crippen LogP) is 3.43. The van der Waals surface area contributed by atoms with E-state index in [1.54, 1.807) is 12.1 Å². The van der Waals surface area contributed by atoms with Crippen molar-refractivity contribution >= 4 is 10.9 Å². The molecule has 3 aromatic carbocycles. The minimum Gasteiger partial charge on any atom is -0.267 e. The molecule has 0 bridgehead atoms. The molecule has 0 N–H and O–H groups in total. The monoisotopic (exact) mass is 313 g/mol. The first-order chi connectivity index (χ1) is 11.8. The molecule has 0 fully saturated rings. The van der Waals surface area contributed by atoms with Gasteiger partial charge in [-0.05, 0) is 23.3 Å². The molecule has 0 spiro atoms. The molecule has 1 heterocycles. The van der Waals surface area contributed by atoms with E-state index in [2.05, 4.69) is 10.3 Å². The molecule has 0 aliphatic heterocycles. The molecule has 4 rings (SSSR count). The second-order valence-electron chi connectivity index (χ2n) is 5.58. The third kappa shape index (κ3) is 2.48. The van der Waals surface area contributed by atoms with Gasteiger partial charge in [0.1, 0.15) is 11.6 Å². The number of fused-ring (bicyclic) bond motifs is 1. The quantitative estimate of drug-likeness (QED) is 0.582. The molecule has 0 saturated heterocycles. The largest absolute Gasteiger partial charge is 0.278 e. The van der Waals surface area contributed by atoms with Gasteiger partial charge in [-0.1, -0.05) is 78.0 Å². The fourth-order valence-corrected chi connectivity index (χ4v) is 2.92. The van der Waals surface area contributed by atoms with Gasteiger partial charge in [-0.15, -0.1) is 5.10 Å². The highest BCUT2D eigenvalue weighted by Crippen LogP contribution is 2.24. The van der Waals surface area contributed by atoms with Gasteiger partial charge < -0.3 is 0 Å². The van der Waals surface area contributed by atoms with Crippen molar-refractivity contribution < 1.29 is 0 Å². The zero-order valence-corrected chi connectivity index (χ0v) is 12.9. The zero-order valence-electron chi connectivity index (χ0n) is 12.9. The maximum atomic E-state index is 13.0.